The van der Waals surface area contributed by atoms with Crippen LogP contribution in [0.5, 0.6) is 0 Å². The summed E-state index contributed by atoms with van der Waals surface area (Å²) in [6.07, 6.45) is 0.700. The molecule has 2 heterocycles. The molecule has 1 aliphatic rings. The predicted molar refractivity (Wildman–Crippen MR) is 85.6 cm³/mol. The molecule has 1 N–H and O–H groups in total. The summed E-state index contributed by atoms with van der Waals surface area (Å²) in [6, 6.07) is 0. The zero-order valence-electron chi connectivity index (χ0n) is 13.4. The molecule has 0 spiro atoms. The number of ether oxygens (including phenoxy) is 2. The van der Waals surface area contributed by atoms with Crippen molar-refractivity contribution in [1.29, 1.82) is 0 Å². The molecule has 0 radical (unpaired) electrons. The molecule has 0 bridgehead atoms. The maximum absolute atomic E-state index is 12.3. The summed E-state index contributed by atoms with van der Waals surface area (Å²) in [6.45, 7) is 5.22. The van der Waals surface area contributed by atoms with Crippen molar-refractivity contribution in [3.8, 4) is 0 Å². The number of carbonyl (C=O) groups is 3. The van der Waals surface area contributed by atoms with E-state index >= 15 is 0 Å². The molecule has 0 aliphatic carbocycles. The number of carbonyl (C=O) groups excluding carboxylic acids is 3. The third-order valence-electron chi connectivity index (χ3n) is 3.42. The highest BCUT2D eigenvalue weighted by atomic mass is 32.1. The van der Waals surface area contributed by atoms with Crippen LogP contribution in [-0.4, -0.2) is 49.6 Å². The minimum Gasteiger partial charge on any atom is -0.462 e. The first-order valence-electron chi connectivity index (χ1n) is 7.46. The first-order valence-corrected chi connectivity index (χ1v) is 8.27. The van der Waals surface area contributed by atoms with E-state index in [9.17, 15) is 14.4 Å². The SMILES string of the molecule is CCOC(=O)C(=O)Nc1sc2c(c1C(=O)OCC)CCN(C)C2. The molecular weight excluding hydrogens is 320 g/mol. The molecule has 0 saturated heterocycles. The lowest BCUT2D eigenvalue weighted by Gasteiger charge is -2.22. The number of esters is 2. The van der Waals surface area contributed by atoms with Gasteiger partial charge in [0, 0.05) is 18.0 Å². The lowest BCUT2D eigenvalue weighted by molar-refractivity contribution is -0.152. The van der Waals surface area contributed by atoms with Crippen LogP contribution in [0.2, 0.25) is 0 Å². The zero-order chi connectivity index (χ0) is 17.0. The summed E-state index contributed by atoms with van der Waals surface area (Å²) >= 11 is 1.30. The van der Waals surface area contributed by atoms with Gasteiger partial charge in [-0.1, -0.05) is 0 Å². The van der Waals surface area contributed by atoms with Crippen LogP contribution < -0.4 is 5.32 Å². The highest BCUT2D eigenvalue weighted by molar-refractivity contribution is 7.17. The van der Waals surface area contributed by atoms with Gasteiger partial charge in [-0.3, -0.25) is 4.79 Å². The number of hydrogen-bond donors (Lipinski definition) is 1. The van der Waals surface area contributed by atoms with E-state index in [2.05, 4.69) is 15.0 Å². The minimum atomic E-state index is -0.967. The molecule has 1 aromatic heterocycles. The van der Waals surface area contributed by atoms with Crippen molar-refractivity contribution < 1.29 is 23.9 Å². The number of likely N-dealkylation sites (N-methyl/N-ethyl adjacent to an activating group) is 1. The van der Waals surface area contributed by atoms with E-state index in [0.29, 0.717) is 23.5 Å². The number of amides is 1. The molecule has 23 heavy (non-hydrogen) atoms. The van der Waals surface area contributed by atoms with Crippen LogP contribution in [0.25, 0.3) is 0 Å². The molecule has 0 atom stereocenters. The van der Waals surface area contributed by atoms with Gasteiger partial charge < -0.3 is 19.7 Å². The van der Waals surface area contributed by atoms with Crippen LogP contribution >= 0.6 is 11.3 Å². The van der Waals surface area contributed by atoms with Crippen molar-refractivity contribution in [3.05, 3.63) is 16.0 Å². The van der Waals surface area contributed by atoms with Crippen molar-refractivity contribution in [2.45, 2.75) is 26.8 Å². The van der Waals surface area contributed by atoms with Crippen LogP contribution in [0.15, 0.2) is 0 Å². The molecule has 8 heteroatoms. The van der Waals surface area contributed by atoms with Gasteiger partial charge in [-0.15, -0.1) is 11.3 Å². The number of nitrogens with zero attached hydrogens (tertiary/aromatic N) is 1. The Kier molecular flexibility index (Phi) is 5.73. The average Bonchev–Trinajstić information content (AvgIpc) is 2.84. The smallest absolute Gasteiger partial charge is 0.397 e. The molecule has 7 nitrogen and oxygen atoms in total. The quantitative estimate of drug-likeness (QED) is 0.659. The Morgan fingerprint density at radius 2 is 1.91 bits per heavy atom. The van der Waals surface area contributed by atoms with Gasteiger partial charge in [0.15, 0.2) is 0 Å². The van der Waals surface area contributed by atoms with E-state index in [1.54, 1.807) is 13.8 Å². The number of anilines is 1. The van der Waals surface area contributed by atoms with Gasteiger partial charge in [0.05, 0.1) is 18.8 Å². The third-order valence-corrected chi connectivity index (χ3v) is 4.55. The van der Waals surface area contributed by atoms with Crippen LogP contribution in [0.3, 0.4) is 0 Å². The summed E-state index contributed by atoms with van der Waals surface area (Å²) in [5.74, 6) is -2.33. The molecule has 1 amide bonds. The van der Waals surface area contributed by atoms with E-state index in [1.165, 1.54) is 11.3 Å². The van der Waals surface area contributed by atoms with Crippen molar-refractivity contribution in [1.82, 2.24) is 4.90 Å². The molecule has 0 saturated carbocycles. The van der Waals surface area contributed by atoms with E-state index in [-0.39, 0.29) is 13.2 Å². The van der Waals surface area contributed by atoms with Crippen LogP contribution in [0.1, 0.15) is 34.6 Å². The van der Waals surface area contributed by atoms with Crippen molar-refractivity contribution in [2.24, 2.45) is 0 Å². The Morgan fingerprint density at radius 1 is 1.22 bits per heavy atom. The standard InChI is InChI=1S/C15H20N2O5S/c1-4-21-14(19)11-9-6-7-17(3)8-10(9)23-13(11)16-12(18)15(20)22-5-2/h4-8H2,1-3H3,(H,16,18). The summed E-state index contributed by atoms with van der Waals surface area (Å²) < 4.78 is 9.77. The summed E-state index contributed by atoms with van der Waals surface area (Å²) in [5, 5.41) is 2.84. The van der Waals surface area contributed by atoms with Crippen LogP contribution in [0, 0.1) is 0 Å². The summed E-state index contributed by atoms with van der Waals surface area (Å²) in [4.78, 5) is 38.8. The van der Waals surface area contributed by atoms with Crippen LogP contribution in [-0.2, 0) is 32.0 Å². The first kappa shape index (κ1) is 17.4. The number of thiophene rings is 1. The average molecular weight is 340 g/mol. The number of fused-ring (bicyclic) bond motifs is 1. The van der Waals surface area contributed by atoms with Gasteiger partial charge >= 0.3 is 17.8 Å². The second-order valence-corrected chi connectivity index (χ2v) is 6.20. The van der Waals surface area contributed by atoms with Gasteiger partial charge in [0.2, 0.25) is 0 Å². The Morgan fingerprint density at radius 3 is 2.57 bits per heavy atom. The maximum Gasteiger partial charge on any atom is 0.397 e. The normalized spacial score (nSPS) is 14.0. The fraction of sp³-hybridized carbons (Fsp3) is 0.533. The topological polar surface area (TPSA) is 84.9 Å². The Labute approximate surface area is 138 Å². The largest absolute Gasteiger partial charge is 0.462 e. The van der Waals surface area contributed by atoms with E-state index in [1.807, 2.05) is 7.05 Å². The van der Waals surface area contributed by atoms with E-state index in [0.717, 1.165) is 17.0 Å². The van der Waals surface area contributed by atoms with Gasteiger partial charge in [-0.2, -0.15) is 0 Å². The lowest BCUT2D eigenvalue weighted by atomic mass is 10.0. The van der Waals surface area contributed by atoms with Crippen molar-refractivity contribution >= 4 is 34.2 Å². The van der Waals surface area contributed by atoms with Gasteiger partial charge in [0.25, 0.3) is 0 Å². The molecular formula is C15H20N2O5S. The maximum atomic E-state index is 12.3. The fourth-order valence-corrected chi connectivity index (χ4v) is 3.70. The van der Waals surface area contributed by atoms with E-state index < -0.39 is 17.8 Å². The Balaban J connectivity index is 2.32. The van der Waals surface area contributed by atoms with Crippen molar-refractivity contribution in [2.75, 3.05) is 32.1 Å². The molecule has 1 aliphatic heterocycles. The highest BCUT2D eigenvalue weighted by Gasteiger charge is 2.29. The zero-order valence-corrected chi connectivity index (χ0v) is 14.2. The predicted octanol–water partition coefficient (Wildman–Crippen LogP) is 1.41. The van der Waals surface area contributed by atoms with Crippen molar-refractivity contribution in [3.63, 3.8) is 0 Å². The minimum absolute atomic E-state index is 0.114. The fourth-order valence-electron chi connectivity index (χ4n) is 2.39. The number of rotatable bonds is 4. The summed E-state index contributed by atoms with van der Waals surface area (Å²) in [5.41, 5.74) is 1.25. The second-order valence-electron chi connectivity index (χ2n) is 5.09. The molecule has 2 rings (SSSR count). The van der Waals surface area contributed by atoms with E-state index in [4.69, 9.17) is 4.74 Å². The number of hydrogen-bond acceptors (Lipinski definition) is 7. The lowest BCUT2D eigenvalue weighted by Crippen LogP contribution is -2.27. The highest BCUT2D eigenvalue weighted by Crippen LogP contribution is 2.37. The molecule has 0 fully saturated rings. The molecule has 126 valence electrons. The summed E-state index contributed by atoms with van der Waals surface area (Å²) in [7, 11) is 1.99. The van der Waals surface area contributed by atoms with Crippen LogP contribution in [0.4, 0.5) is 5.00 Å². The Hall–Kier alpha value is -1.93. The Bertz CT molecular complexity index is 626. The van der Waals surface area contributed by atoms with Gasteiger partial charge in [-0.05, 0) is 32.9 Å². The van der Waals surface area contributed by atoms with Gasteiger partial charge in [0.1, 0.15) is 5.00 Å². The molecule has 0 aromatic carbocycles. The first-order chi connectivity index (χ1) is 11.0. The molecule has 1 aromatic rings. The third kappa shape index (κ3) is 3.89. The number of nitrogens with one attached hydrogen (secondary N) is 1. The second kappa shape index (κ2) is 7.56. The monoisotopic (exact) mass is 340 g/mol. The van der Waals surface area contributed by atoms with Gasteiger partial charge in [-0.25, -0.2) is 9.59 Å². The molecule has 0 unspecified atom stereocenters.